The largest absolute Gasteiger partial charge is 0.388 e. The Morgan fingerprint density at radius 1 is 1.20 bits per heavy atom. The first-order chi connectivity index (χ1) is 9.68. The second kappa shape index (κ2) is 8.02. The van der Waals surface area contributed by atoms with E-state index in [2.05, 4.69) is 11.9 Å². The fourth-order valence-corrected chi connectivity index (χ4v) is 3.37. The van der Waals surface area contributed by atoms with E-state index in [9.17, 15) is 5.11 Å². The second-order valence-corrected chi connectivity index (χ2v) is 6.36. The topological polar surface area (TPSA) is 23.5 Å². The Balaban J connectivity index is 1.83. The molecule has 20 heavy (non-hydrogen) atoms. The molecule has 0 bridgehead atoms. The van der Waals surface area contributed by atoms with Gasteiger partial charge in [-0.05, 0) is 37.9 Å². The van der Waals surface area contributed by atoms with Crippen LogP contribution in [0.15, 0.2) is 24.3 Å². The highest BCUT2D eigenvalue weighted by Gasteiger charge is 2.18. The predicted octanol–water partition coefficient (Wildman–Crippen LogP) is 4.42. The van der Waals surface area contributed by atoms with E-state index in [4.69, 9.17) is 11.6 Å². The molecular formula is C17H26ClNO. The van der Waals surface area contributed by atoms with E-state index in [1.54, 1.807) is 0 Å². The molecule has 1 aromatic rings. The minimum atomic E-state index is -0.461. The monoisotopic (exact) mass is 295 g/mol. The van der Waals surface area contributed by atoms with Crippen LogP contribution in [0.4, 0.5) is 0 Å². The van der Waals surface area contributed by atoms with Crippen LogP contribution in [0, 0.1) is 0 Å². The van der Waals surface area contributed by atoms with E-state index < -0.39 is 6.10 Å². The molecule has 0 saturated heterocycles. The minimum absolute atomic E-state index is 0.461. The molecule has 1 saturated carbocycles. The van der Waals surface area contributed by atoms with Crippen LogP contribution < -0.4 is 0 Å². The molecule has 0 aliphatic heterocycles. The Morgan fingerprint density at radius 3 is 2.50 bits per heavy atom. The Morgan fingerprint density at radius 2 is 1.85 bits per heavy atom. The summed E-state index contributed by atoms with van der Waals surface area (Å²) in [6, 6.07) is 8.28. The van der Waals surface area contributed by atoms with Gasteiger partial charge in [-0.1, -0.05) is 55.5 Å². The Bertz CT molecular complexity index is 402. The van der Waals surface area contributed by atoms with Crippen molar-refractivity contribution in [2.45, 2.75) is 57.1 Å². The normalized spacial score (nSPS) is 19.0. The summed E-state index contributed by atoms with van der Waals surface area (Å²) in [5.74, 6) is 0. The molecule has 0 radical (unpaired) electrons. The average Bonchev–Trinajstić information content (AvgIpc) is 2.74. The Labute approximate surface area is 127 Å². The first-order valence-corrected chi connectivity index (χ1v) is 8.19. The number of rotatable bonds is 5. The maximum absolute atomic E-state index is 10.3. The van der Waals surface area contributed by atoms with E-state index in [0.717, 1.165) is 18.5 Å². The zero-order chi connectivity index (χ0) is 14.4. The highest BCUT2D eigenvalue weighted by atomic mass is 35.5. The quantitative estimate of drug-likeness (QED) is 0.813. The number of aliphatic hydroxyl groups is 1. The SMILES string of the molecule is CN(CCC(O)c1ccccc1Cl)C1CCCCCC1. The van der Waals surface area contributed by atoms with Crippen molar-refractivity contribution in [1.82, 2.24) is 4.90 Å². The number of halogens is 1. The van der Waals surface area contributed by atoms with Gasteiger partial charge in [0.05, 0.1) is 6.10 Å². The van der Waals surface area contributed by atoms with Gasteiger partial charge < -0.3 is 10.0 Å². The van der Waals surface area contributed by atoms with Crippen molar-refractivity contribution in [3.05, 3.63) is 34.9 Å². The molecule has 0 heterocycles. The molecule has 1 aromatic carbocycles. The summed E-state index contributed by atoms with van der Waals surface area (Å²) in [5, 5.41) is 11.0. The van der Waals surface area contributed by atoms with Crippen molar-refractivity contribution in [2.24, 2.45) is 0 Å². The molecule has 0 amide bonds. The fraction of sp³-hybridized carbons (Fsp3) is 0.647. The van der Waals surface area contributed by atoms with Gasteiger partial charge in [-0.15, -0.1) is 0 Å². The fourth-order valence-electron chi connectivity index (χ4n) is 3.11. The number of nitrogens with zero attached hydrogens (tertiary/aromatic N) is 1. The van der Waals surface area contributed by atoms with Crippen LogP contribution in [0.25, 0.3) is 0 Å². The third-order valence-corrected chi connectivity index (χ3v) is 4.81. The molecule has 1 atom stereocenters. The van der Waals surface area contributed by atoms with E-state index in [1.165, 1.54) is 38.5 Å². The Kier molecular flexibility index (Phi) is 6.34. The van der Waals surface area contributed by atoms with Gasteiger partial charge in [0.25, 0.3) is 0 Å². The lowest BCUT2D eigenvalue weighted by Crippen LogP contribution is -2.32. The molecule has 0 spiro atoms. The van der Waals surface area contributed by atoms with Crippen LogP contribution >= 0.6 is 11.6 Å². The van der Waals surface area contributed by atoms with E-state index in [-0.39, 0.29) is 0 Å². The third-order valence-electron chi connectivity index (χ3n) is 4.47. The van der Waals surface area contributed by atoms with Gasteiger partial charge in [0, 0.05) is 17.6 Å². The lowest BCUT2D eigenvalue weighted by atomic mass is 10.0. The summed E-state index contributed by atoms with van der Waals surface area (Å²) in [5.41, 5.74) is 0.850. The zero-order valence-corrected chi connectivity index (χ0v) is 13.1. The van der Waals surface area contributed by atoms with Crippen molar-refractivity contribution >= 4 is 11.6 Å². The van der Waals surface area contributed by atoms with E-state index >= 15 is 0 Å². The maximum atomic E-state index is 10.3. The third kappa shape index (κ3) is 4.47. The molecular weight excluding hydrogens is 270 g/mol. The van der Waals surface area contributed by atoms with Crippen LogP contribution in [0.1, 0.15) is 56.6 Å². The summed E-state index contributed by atoms with van der Waals surface area (Å²) in [6.45, 7) is 0.928. The average molecular weight is 296 g/mol. The summed E-state index contributed by atoms with van der Waals surface area (Å²) in [6.07, 6.45) is 8.36. The number of hydrogen-bond acceptors (Lipinski definition) is 2. The molecule has 1 aliphatic carbocycles. The number of aliphatic hydroxyl groups excluding tert-OH is 1. The summed E-state index contributed by atoms with van der Waals surface area (Å²) < 4.78 is 0. The van der Waals surface area contributed by atoms with Crippen molar-refractivity contribution in [3.8, 4) is 0 Å². The van der Waals surface area contributed by atoms with E-state index in [1.807, 2.05) is 24.3 Å². The van der Waals surface area contributed by atoms with Gasteiger partial charge in [0.15, 0.2) is 0 Å². The van der Waals surface area contributed by atoms with Crippen LogP contribution in [0.2, 0.25) is 5.02 Å². The molecule has 1 N–H and O–H groups in total. The van der Waals surface area contributed by atoms with Crippen molar-refractivity contribution < 1.29 is 5.11 Å². The minimum Gasteiger partial charge on any atom is -0.388 e. The van der Waals surface area contributed by atoms with Crippen molar-refractivity contribution in [1.29, 1.82) is 0 Å². The number of hydrogen-bond donors (Lipinski definition) is 1. The van der Waals surface area contributed by atoms with Crippen molar-refractivity contribution in [3.63, 3.8) is 0 Å². The number of benzene rings is 1. The van der Waals surface area contributed by atoms with E-state index in [0.29, 0.717) is 11.1 Å². The predicted molar refractivity (Wildman–Crippen MR) is 85.1 cm³/mol. The molecule has 0 aromatic heterocycles. The highest BCUT2D eigenvalue weighted by molar-refractivity contribution is 6.31. The van der Waals surface area contributed by atoms with Gasteiger partial charge in [-0.2, -0.15) is 0 Å². The second-order valence-electron chi connectivity index (χ2n) is 5.95. The lowest BCUT2D eigenvalue weighted by Gasteiger charge is -2.28. The summed E-state index contributed by atoms with van der Waals surface area (Å²) in [7, 11) is 2.19. The summed E-state index contributed by atoms with van der Waals surface area (Å²) in [4.78, 5) is 2.42. The molecule has 2 nitrogen and oxygen atoms in total. The first kappa shape index (κ1) is 15.8. The van der Waals surface area contributed by atoms with Crippen LogP contribution in [-0.4, -0.2) is 29.6 Å². The molecule has 2 rings (SSSR count). The van der Waals surface area contributed by atoms with Crippen molar-refractivity contribution in [2.75, 3.05) is 13.6 Å². The molecule has 3 heteroatoms. The molecule has 112 valence electrons. The van der Waals surface area contributed by atoms with Gasteiger partial charge in [0.2, 0.25) is 0 Å². The highest BCUT2D eigenvalue weighted by Crippen LogP contribution is 2.26. The summed E-state index contributed by atoms with van der Waals surface area (Å²) >= 11 is 6.13. The van der Waals surface area contributed by atoms with Gasteiger partial charge in [-0.25, -0.2) is 0 Å². The smallest absolute Gasteiger partial charge is 0.0816 e. The first-order valence-electron chi connectivity index (χ1n) is 7.81. The lowest BCUT2D eigenvalue weighted by molar-refractivity contribution is 0.132. The van der Waals surface area contributed by atoms with Gasteiger partial charge >= 0.3 is 0 Å². The van der Waals surface area contributed by atoms with Crippen LogP contribution in [0.3, 0.4) is 0 Å². The molecule has 1 aliphatic rings. The standard InChI is InChI=1S/C17H26ClNO/c1-19(14-8-4-2-3-5-9-14)13-12-17(20)15-10-6-7-11-16(15)18/h6-7,10-11,14,17,20H,2-5,8-9,12-13H2,1H3. The molecule has 1 unspecified atom stereocenters. The van der Waals surface area contributed by atoms with Crippen LogP contribution in [-0.2, 0) is 0 Å². The molecule has 1 fully saturated rings. The Hall–Kier alpha value is -0.570. The van der Waals surface area contributed by atoms with Gasteiger partial charge in [-0.3, -0.25) is 0 Å². The maximum Gasteiger partial charge on any atom is 0.0816 e. The van der Waals surface area contributed by atoms with Crippen LogP contribution in [0.5, 0.6) is 0 Å². The zero-order valence-electron chi connectivity index (χ0n) is 12.4. The van der Waals surface area contributed by atoms with Gasteiger partial charge in [0.1, 0.15) is 0 Å².